The van der Waals surface area contributed by atoms with Crippen molar-refractivity contribution in [2.45, 2.75) is 19.9 Å². The van der Waals surface area contributed by atoms with Gasteiger partial charge in [0.2, 0.25) is 5.91 Å². The molecule has 5 heteroatoms. The monoisotopic (exact) mass is 242 g/mol. The lowest BCUT2D eigenvalue weighted by Crippen LogP contribution is -2.57. The summed E-state index contributed by atoms with van der Waals surface area (Å²) in [5.74, 6) is 1.26. The largest absolute Gasteiger partial charge is 0.375 e. The second-order valence-corrected chi connectivity index (χ2v) is 4.85. The van der Waals surface area contributed by atoms with Crippen molar-refractivity contribution in [2.75, 3.05) is 47.4 Å². The van der Waals surface area contributed by atoms with Crippen molar-refractivity contribution in [3.8, 4) is 0 Å². The molecule has 0 aliphatic carbocycles. The molecular weight excluding hydrogens is 218 g/mol. The average molecular weight is 242 g/mol. The summed E-state index contributed by atoms with van der Waals surface area (Å²) in [6, 6.07) is 0.465. The predicted octanol–water partition coefficient (Wildman–Crippen LogP) is -0.144. The number of amidine groups is 1. The van der Waals surface area contributed by atoms with Crippen LogP contribution in [0.1, 0.15) is 13.8 Å². The number of methoxy groups -OCH3 is 1. The molecular formula is C12H24N3O2+. The van der Waals surface area contributed by atoms with Gasteiger partial charge in [0, 0.05) is 7.11 Å². The minimum absolute atomic E-state index is 0.0651. The molecule has 17 heavy (non-hydrogen) atoms. The Morgan fingerprint density at radius 2 is 2.06 bits per heavy atom. The van der Waals surface area contributed by atoms with E-state index in [2.05, 4.69) is 23.3 Å². The van der Waals surface area contributed by atoms with Crippen molar-refractivity contribution < 1.29 is 14.1 Å². The number of carbonyl (C=O) groups is 1. The highest BCUT2D eigenvalue weighted by Crippen LogP contribution is 2.08. The van der Waals surface area contributed by atoms with Crippen LogP contribution in [-0.4, -0.2) is 79.6 Å². The number of nitrogens with zero attached hydrogens (tertiary/aromatic N) is 3. The van der Waals surface area contributed by atoms with Gasteiger partial charge < -0.3 is 9.64 Å². The molecule has 5 nitrogen and oxygen atoms in total. The predicted molar refractivity (Wildman–Crippen MR) is 67.4 cm³/mol. The third-order valence-corrected chi connectivity index (χ3v) is 3.03. The molecule has 1 heterocycles. The van der Waals surface area contributed by atoms with E-state index in [1.165, 1.54) is 5.84 Å². The maximum atomic E-state index is 11.8. The van der Waals surface area contributed by atoms with Crippen LogP contribution < -0.4 is 0 Å². The molecule has 0 unspecified atom stereocenters. The molecule has 0 saturated carbocycles. The third kappa shape index (κ3) is 3.43. The molecule has 98 valence electrons. The Morgan fingerprint density at radius 1 is 1.41 bits per heavy atom. The maximum Gasteiger partial charge on any atom is 0.266 e. The van der Waals surface area contributed by atoms with Crippen LogP contribution in [0.25, 0.3) is 0 Å². The van der Waals surface area contributed by atoms with Gasteiger partial charge in [0.25, 0.3) is 5.84 Å². The Labute approximate surface area is 104 Å². The Hall–Kier alpha value is -1.10. The van der Waals surface area contributed by atoms with E-state index >= 15 is 0 Å². The van der Waals surface area contributed by atoms with Crippen LogP contribution in [0.5, 0.6) is 0 Å². The average Bonchev–Trinajstić information content (AvgIpc) is 2.28. The summed E-state index contributed by atoms with van der Waals surface area (Å²) in [5, 5.41) is 0. The van der Waals surface area contributed by atoms with E-state index < -0.39 is 0 Å². The Morgan fingerprint density at radius 3 is 2.53 bits per heavy atom. The summed E-state index contributed by atoms with van der Waals surface area (Å²) in [6.07, 6.45) is 0. The number of carbonyl (C=O) groups excluding carboxylic acids is 1. The van der Waals surface area contributed by atoms with E-state index in [1.54, 1.807) is 7.11 Å². The van der Waals surface area contributed by atoms with Crippen molar-refractivity contribution in [1.82, 2.24) is 9.80 Å². The van der Waals surface area contributed by atoms with E-state index in [-0.39, 0.29) is 12.5 Å². The van der Waals surface area contributed by atoms with Crippen LogP contribution in [0.4, 0.5) is 0 Å². The number of hydrogen-bond donors (Lipinski definition) is 0. The van der Waals surface area contributed by atoms with Gasteiger partial charge in [-0.2, -0.15) is 0 Å². The highest BCUT2D eigenvalue weighted by molar-refractivity contribution is 5.87. The fourth-order valence-corrected chi connectivity index (χ4v) is 2.08. The van der Waals surface area contributed by atoms with Crippen molar-refractivity contribution in [3.63, 3.8) is 0 Å². The molecule has 0 bridgehead atoms. The standard InChI is InChI=1S/C12H24N3O2/c1-10(2)15-7-6-14(12(16)9-17-5)8-11(15)13(3)4/h10H,6-9H2,1-5H3/q+1. The van der Waals surface area contributed by atoms with Gasteiger partial charge in [-0.1, -0.05) is 0 Å². The fourth-order valence-electron chi connectivity index (χ4n) is 2.08. The zero-order valence-electron chi connectivity index (χ0n) is 11.6. The smallest absolute Gasteiger partial charge is 0.266 e. The topological polar surface area (TPSA) is 35.8 Å². The first-order valence-corrected chi connectivity index (χ1v) is 6.03. The summed E-state index contributed by atoms with van der Waals surface area (Å²) < 4.78 is 6.99. The Balaban J connectivity index is 2.76. The molecule has 1 aliphatic heterocycles. The van der Waals surface area contributed by atoms with Crippen molar-refractivity contribution in [1.29, 1.82) is 0 Å². The van der Waals surface area contributed by atoms with E-state index in [9.17, 15) is 4.79 Å². The van der Waals surface area contributed by atoms with Crippen molar-refractivity contribution >= 4 is 11.7 Å². The highest BCUT2D eigenvalue weighted by Gasteiger charge is 2.33. The van der Waals surface area contributed by atoms with E-state index in [4.69, 9.17) is 4.74 Å². The molecule has 0 aromatic carbocycles. The highest BCUT2D eigenvalue weighted by atomic mass is 16.5. The molecule has 0 spiro atoms. The summed E-state index contributed by atoms with van der Waals surface area (Å²) in [7, 11) is 5.60. The fraction of sp³-hybridized carbons (Fsp3) is 0.833. The first-order chi connectivity index (χ1) is 7.97. The minimum Gasteiger partial charge on any atom is -0.375 e. The first kappa shape index (κ1) is 14.0. The van der Waals surface area contributed by atoms with Gasteiger partial charge >= 0.3 is 0 Å². The Kier molecular flexibility index (Phi) is 4.93. The van der Waals surface area contributed by atoms with Gasteiger partial charge in [-0.25, -0.2) is 0 Å². The van der Waals surface area contributed by atoms with E-state index in [0.717, 1.165) is 13.1 Å². The van der Waals surface area contributed by atoms with Crippen LogP contribution in [0.15, 0.2) is 0 Å². The van der Waals surface area contributed by atoms with Gasteiger partial charge in [-0.3, -0.25) is 14.3 Å². The van der Waals surface area contributed by atoms with Gasteiger partial charge in [-0.05, 0) is 13.8 Å². The molecule has 1 fully saturated rings. The zero-order valence-corrected chi connectivity index (χ0v) is 11.6. The summed E-state index contributed by atoms with van der Waals surface area (Å²) in [5.41, 5.74) is 0. The molecule has 1 rings (SSSR count). The Bertz CT molecular complexity index is 309. The SMILES string of the molecule is COCC(=O)N1CCN(C(C)C)C(=[N+](C)C)C1. The van der Waals surface area contributed by atoms with Gasteiger partial charge in [0.1, 0.15) is 19.7 Å². The molecule has 0 aromatic heterocycles. The number of amides is 1. The molecule has 0 radical (unpaired) electrons. The molecule has 0 atom stereocenters. The van der Waals surface area contributed by atoms with Crippen LogP contribution in [0.2, 0.25) is 0 Å². The van der Waals surface area contributed by atoms with Crippen molar-refractivity contribution in [3.05, 3.63) is 0 Å². The maximum absolute atomic E-state index is 11.8. The lowest BCUT2D eigenvalue weighted by molar-refractivity contribution is -0.472. The lowest BCUT2D eigenvalue weighted by Gasteiger charge is -2.34. The van der Waals surface area contributed by atoms with Crippen LogP contribution in [0.3, 0.4) is 0 Å². The summed E-state index contributed by atoms with van der Waals surface area (Å²) >= 11 is 0. The van der Waals surface area contributed by atoms with Crippen LogP contribution in [0, 0.1) is 0 Å². The van der Waals surface area contributed by atoms with Crippen LogP contribution in [-0.2, 0) is 9.53 Å². The molecule has 1 aliphatic rings. The molecule has 0 N–H and O–H groups in total. The number of piperazine rings is 1. The lowest BCUT2D eigenvalue weighted by atomic mass is 10.2. The quantitative estimate of drug-likeness (QED) is 0.646. The summed E-state index contributed by atoms with van der Waals surface area (Å²) in [4.78, 5) is 16.0. The van der Waals surface area contributed by atoms with Gasteiger partial charge in [0.05, 0.1) is 26.7 Å². The zero-order chi connectivity index (χ0) is 13.0. The number of ether oxygens (including phenoxy) is 1. The molecule has 0 aromatic rings. The van der Waals surface area contributed by atoms with Crippen LogP contribution >= 0.6 is 0 Å². The second kappa shape index (κ2) is 6.00. The second-order valence-electron chi connectivity index (χ2n) is 4.85. The van der Waals surface area contributed by atoms with Gasteiger partial charge in [0.15, 0.2) is 0 Å². The van der Waals surface area contributed by atoms with E-state index in [1.807, 2.05) is 19.0 Å². The minimum atomic E-state index is 0.0651. The normalized spacial score (nSPS) is 16.7. The first-order valence-electron chi connectivity index (χ1n) is 6.03. The number of hydrogen-bond acceptors (Lipinski definition) is 2. The molecule has 1 amide bonds. The third-order valence-electron chi connectivity index (χ3n) is 3.03. The van der Waals surface area contributed by atoms with Crippen molar-refractivity contribution in [2.24, 2.45) is 0 Å². The molecule has 1 saturated heterocycles. The summed E-state index contributed by atoms with van der Waals surface area (Å²) in [6.45, 7) is 6.86. The number of rotatable bonds is 3. The van der Waals surface area contributed by atoms with E-state index in [0.29, 0.717) is 12.6 Å². The van der Waals surface area contributed by atoms with Gasteiger partial charge in [-0.15, -0.1) is 0 Å².